The largest absolute Gasteiger partial charge is 0.325 e. The monoisotopic (exact) mass is 319 g/mol. The number of rotatable bonds is 4. The molecule has 0 unspecified atom stereocenters. The van der Waals surface area contributed by atoms with Gasteiger partial charge in [-0.25, -0.2) is 0 Å². The molecule has 2 N–H and O–H groups in total. The van der Waals surface area contributed by atoms with Crippen LogP contribution in [0.5, 0.6) is 0 Å². The highest BCUT2D eigenvalue weighted by Crippen LogP contribution is 2.47. The van der Waals surface area contributed by atoms with Gasteiger partial charge in [-0.15, -0.1) is 0 Å². The summed E-state index contributed by atoms with van der Waals surface area (Å²) in [5.74, 6) is -0.589. The zero-order chi connectivity index (χ0) is 17.2. The molecule has 24 heavy (non-hydrogen) atoms. The second-order valence-electron chi connectivity index (χ2n) is 6.05. The zero-order valence-corrected chi connectivity index (χ0v) is 13.3. The minimum atomic E-state index is -1.00. The topological polar surface area (TPSA) is 82.0 Å². The Hall–Kier alpha value is -3.13. The number of nitrogens with zero attached hydrogens (tertiary/aromatic N) is 1. The molecule has 0 aliphatic heterocycles. The molecule has 0 radical (unpaired) electrons. The fourth-order valence-corrected chi connectivity index (χ4v) is 2.45. The van der Waals surface area contributed by atoms with Crippen molar-refractivity contribution in [3.63, 3.8) is 0 Å². The molecule has 0 spiro atoms. The fourth-order valence-electron chi connectivity index (χ4n) is 2.45. The van der Waals surface area contributed by atoms with Gasteiger partial charge in [-0.2, -0.15) is 5.26 Å². The first-order valence-electron chi connectivity index (χ1n) is 7.73. The number of carbonyl (C=O) groups excluding carboxylic acids is 2. The van der Waals surface area contributed by atoms with Gasteiger partial charge in [0.1, 0.15) is 5.41 Å². The van der Waals surface area contributed by atoms with Crippen molar-refractivity contribution in [2.75, 3.05) is 10.6 Å². The zero-order valence-electron chi connectivity index (χ0n) is 13.3. The van der Waals surface area contributed by atoms with Crippen molar-refractivity contribution < 1.29 is 9.59 Å². The molecular weight excluding hydrogens is 302 g/mol. The van der Waals surface area contributed by atoms with Crippen LogP contribution >= 0.6 is 0 Å². The molecule has 2 amide bonds. The maximum Gasteiger partial charge on any atom is 0.240 e. The molecule has 0 aromatic heterocycles. The van der Waals surface area contributed by atoms with Gasteiger partial charge in [-0.1, -0.05) is 17.7 Å². The summed E-state index contributed by atoms with van der Waals surface area (Å²) in [6.45, 7) is 1.97. The Balaban J connectivity index is 1.68. The Morgan fingerprint density at radius 2 is 1.38 bits per heavy atom. The molecule has 0 bridgehead atoms. The van der Waals surface area contributed by atoms with E-state index in [1.165, 1.54) is 0 Å². The third kappa shape index (κ3) is 3.13. The van der Waals surface area contributed by atoms with E-state index in [9.17, 15) is 9.59 Å². The summed E-state index contributed by atoms with van der Waals surface area (Å²) in [4.78, 5) is 25.0. The standard InChI is InChI=1S/C19H17N3O2/c1-13-2-6-15(7-3-13)21-17(23)19(10-11-19)18(24)22-16-8-4-14(12-20)5-9-16/h2-9H,10-11H2,1H3,(H,21,23)(H,22,24). The first-order valence-corrected chi connectivity index (χ1v) is 7.73. The van der Waals surface area contributed by atoms with E-state index in [-0.39, 0.29) is 11.8 Å². The van der Waals surface area contributed by atoms with Crippen LogP contribution in [0.15, 0.2) is 48.5 Å². The van der Waals surface area contributed by atoms with Crippen LogP contribution in [0.1, 0.15) is 24.0 Å². The van der Waals surface area contributed by atoms with Crippen molar-refractivity contribution in [1.82, 2.24) is 0 Å². The highest BCUT2D eigenvalue weighted by atomic mass is 16.2. The first kappa shape index (κ1) is 15.8. The van der Waals surface area contributed by atoms with E-state index >= 15 is 0 Å². The molecule has 1 aliphatic rings. The Morgan fingerprint density at radius 3 is 1.79 bits per heavy atom. The van der Waals surface area contributed by atoms with E-state index in [0.717, 1.165) is 5.56 Å². The van der Waals surface area contributed by atoms with Gasteiger partial charge in [0, 0.05) is 11.4 Å². The third-order valence-electron chi connectivity index (χ3n) is 4.20. The molecule has 0 saturated heterocycles. The van der Waals surface area contributed by atoms with Gasteiger partial charge in [0.05, 0.1) is 11.6 Å². The summed E-state index contributed by atoms with van der Waals surface area (Å²) in [6, 6.07) is 16.1. The highest BCUT2D eigenvalue weighted by Gasteiger charge is 2.56. The van der Waals surface area contributed by atoms with Crippen LogP contribution in [-0.2, 0) is 9.59 Å². The van der Waals surface area contributed by atoms with Gasteiger partial charge >= 0.3 is 0 Å². The number of nitriles is 1. The number of carbonyl (C=O) groups is 2. The first-order chi connectivity index (χ1) is 11.5. The molecule has 3 rings (SSSR count). The van der Waals surface area contributed by atoms with Crippen molar-refractivity contribution in [3.05, 3.63) is 59.7 Å². The molecule has 5 heteroatoms. The SMILES string of the molecule is Cc1ccc(NC(=O)C2(C(=O)Nc3ccc(C#N)cc3)CC2)cc1. The quantitative estimate of drug-likeness (QED) is 0.849. The van der Waals surface area contributed by atoms with Gasteiger partial charge in [-0.05, 0) is 56.2 Å². The maximum atomic E-state index is 12.5. The van der Waals surface area contributed by atoms with Crippen LogP contribution in [0.2, 0.25) is 0 Å². The van der Waals surface area contributed by atoms with E-state index in [1.807, 2.05) is 37.3 Å². The van der Waals surface area contributed by atoms with Crippen LogP contribution in [-0.4, -0.2) is 11.8 Å². The Labute approximate surface area is 140 Å². The van der Waals surface area contributed by atoms with Crippen LogP contribution in [0, 0.1) is 23.7 Å². The molecule has 1 aliphatic carbocycles. The number of anilines is 2. The highest BCUT2D eigenvalue weighted by molar-refractivity contribution is 6.16. The van der Waals surface area contributed by atoms with Crippen molar-refractivity contribution in [1.29, 1.82) is 5.26 Å². The van der Waals surface area contributed by atoms with Crippen LogP contribution in [0.25, 0.3) is 0 Å². The lowest BCUT2D eigenvalue weighted by molar-refractivity contribution is -0.131. The molecule has 0 heterocycles. The van der Waals surface area contributed by atoms with Crippen LogP contribution in [0.4, 0.5) is 11.4 Å². The second kappa shape index (κ2) is 6.17. The fraction of sp³-hybridized carbons (Fsp3) is 0.211. The average Bonchev–Trinajstić information content (AvgIpc) is 3.39. The molecular formula is C19H17N3O2. The minimum Gasteiger partial charge on any atom is -0.325 e. The summed E-state index contributed by atoms with van der Waals surface area (Å²) in [5.41, 5.74) is 1.88. The molecule has 2 aromatic rings. The smallest absolute Gasteiger partial charge is 0.240 e. The van der Waals surface area contributed by atoms with Crippen molar-refractivity contribution in [2.45, 2.75) is 19.8 Å². The molecule has 120 valence electrons. The van der Waals surface area contributed by atoms with Crippen LogP contribution in [0.3, 0.4) is 0 Å². The van der Waals surface area contributed by atoms with Gasteiger partial charge in [0.2, 0.25) is 11.8 Å². The number of amides is 2. The van der Waals surface area contributed by atoms with E-state index < -0.39 is 5.41 Å². The maximum absolute atomic E-state index is 12.5. The summed E-state index contributed by atoms with van der Waals surface area (Å²) < 4.78 is 0. The van der Waals surface area contributed by atoms with Gasteiger partial charge in [-0.3, -0.25) is 9.59 Å². The molecule has 1 fully saturated rings. The Bertz CT molecular complexity index is 813. The molecule has 2 aromatic carbocycles. The summed E-state index contributed by atoms with van der Waals surface area (Å²) in [7, 11) is 0. The predicted molar refractivity (Wildman–Crippen MR) is 91.3 cm³/mol. The summed E-state index contributed by atoms with van der Waals surface area (Å²) in [6.07, 6.45) is 1.07. The van der Waals surface area contributed by atoms with Crippen LogP contribution < -0.4 is 10.6 Å². The van der Waals surface area contributed by atoms with Crippen molar-refractivity contribution in [2.24, 2.45) is 5.41 Å². The number of aryl methyl sites for hydroxylation is 1. The second-order valence-corrected chi connectivity index (χ2v) is 6.05. The van der Waals surface area contributed by atoms with Gasteiger partial charge in [0.25, 0.3) is 0 Å². The third-order valence-corrected chi connectivity index (χ3v) is 4.20. The van der Waals surface area contributed by atoms with Gasteiger partial charge < -0.3 is 10.6 Å². The van der Waals surface area contributed by atoms with Crippen molar-refractivity contribution >= 4 is 23.2 Å². The lowest BCUT2D eigenvalue weighted by atomic mass is 10.0. The Morgan fingerprint density at radius 1 is 0.917 bits per heavy atom. The number of hydrogen-bond acceptors (Lipinski definition) is 3. The molecule has 0 atom stereocenters. The van der Waals surface area contributed by atoms with E-state index in [4.69, 9.17) is 5.26 Å². The average molecular weight is 319 g/mol. The van der Waals surface area contributed by atoms with E-state index in [1.54, 1.807) is 24.3 Å². The summed E-state index contributed by atoms with van der Waals surface area (Å²) in [5, 5.41) is 14.4. The molecule has 1 saturated carbocycles. The Kier molecular flexibility index (Phi) is 4.05. The summed E-state index contributed by atoms with van der Waals surface area (Å²) >= 11 is 0. The van der Waals surface area contributed by atoms with Crippen molar-refractivity contribution in [3.8, 4) is 6.07 Å². The van der Waals surface area contributed by atoms with E-state index in [2.05, 4.69) is 10.6 Å². The van der Waals surface area contributed by atoms with Gasteiger partial charge in [0.15, 0.2) is 0 Å². The number of nitrogens with one attached hydrogen (secondary N) is 2. The lowest BCUT2D eigenvalue weighted by Gasteiger charge is -2.15. The minimum absolute atomic E-state index is 0.280. The van der Waals surface area contributed by atoms with E-state index in [0.29, 0.717) is 29.8 Å². The number of hydrogen-bond donors (Lipinski definition) is 2. The lowest BCUT2D eigenvalue weighted by Crippen LogP contribution is -2.35. The number of benzene rings is 2. The normalized spacial score (nSPS) is 14.3. The molecule has 5 nitrogen and oxygen atoms in total. The predicted octanol–water partition coefficient (Wildman–Crippen LogP) is 3.22.